The molecule has 3 aromatic rings. The van der Waals surface area contributed by atoms with Crippen LogP contribution in [0.3, 0.4) is 0 Å². The number of nitrogens with one attached hydrogen (secondary N) is 2. The Morgan fingerprint density at radius 1 is 1.03 bits per heavy atom. The Kier molecular flexibility index (Phi) is 6.87. The van der Waals surface area contributed by atoms with Crippen LogP contribution in [-0.4, -0.2) is 17.7 Å². The number of methoxy groups -OCH3 is 1. The standard InChI is InChI=1S/C24H26N4O3/c1-16-9-11-19(12-10-16)24(25-22-7-5-6-8-23(22)31-4)18(3)26-27-21-14-13-20(28(29)30)15-17(21)2/h5-15,24-25,27H,1-4H3/b26-18+. The number of hydrogen-bond acceptors (Lipinski definition) is 6. The van der Waals surface area contributed by atoms with Gasteiger partial charge in [-0.15, -0.1) is 0 Å². The van der Waals surface area contributed by atoms with Crippen molar-refractivity contribution < 1.29 is 9.66 Å². The van der Waals surface area contributed by atoms with Crippen LogP contribution < -0.4 is 15.5 Å². The first kappa shape index (κ1) is 21.8. The molecule has 0 bridgehead atoms. The number of nitro groups is 1. The maximum Gasteiger partial charge on any atom is 0.269 e. The van der Waals surface area contributed by atoms with E-state index in [9.17, 15) is 10.1 Å². The SMILES string of the molecule is COc1ccccc1NC(/C(C)=N/Nc1ccc([N+](=O)[O-])cc1C)c1ccc(C)cc1. The Bertz CT molecular complexity index is 1090. The first-order valence-electron chi connectivity index (χ1n) is 9.90. The summed E-state index contributed by atoms with van der Waals surface area (Å²) >= 11 is 0. The van der Waals surface area contributed by atoms with Crippen molar-refractivity contribution in [2.75, 3.05) is 17.9 Å². The van der Waals surface area contributed by atoms with Crippen molar-refractivity contribution in [3.8, 4) is 5.75 Å². The first-order chi connectivity index (χ1) is 14.9. The number of non-ortho nitro benzene ring substituents is 1. The highest BCUT2D eigenvalue weighted by Gasteiger charge is 2.17. The number of benzene rings is 3. The zero-order chi connectivity index (χ0) is 22.4. The predicted molar refractivity (Wildman–Crippen MR) is 125 cm³/mol. The number of anilines is 2. The Morgan fingerprint density at radius 3 is 2.39 bits per heavy atom. The van der Waals surface area contributed by atoms with Crippen LogP contribution in [0.25, 0.3) is 0 Å². The van der Waals surface area contributed by atoms with Gasteiger partial charge in [0.2, 0.25) is 0 Å². The molecule has 31 heavy (non-hydrogen) atoms. The third-order valence-corrected chi connectivity index (χ3v) is 5.01. The molecule has 2 N–H and O–H groups in total. The minimum Gasteiger partial charge on any atom is -0.495 e. The third kappa shape index (κ3) is 5.39. The molecule has 0 aliphatic rings. The van der Waals surface area contributed by atoms with Crippen LogP contribution in [0.15, 0.2) is 71.8 Å². The van der Waals surface area contributed by atoms with Gasteiger partial charge in [-0.1, -0.05) is 42.0 Å². The van der Waals surface area contributed by atoms with Crippen molar-refractivity contribution in [1.29, 1.82) is 0 Å². The summed E-state index contributed by atoms with van der Waals surface area (Å²) in [5.41, 5.74) is 8.45. The van der Waals surface area contributed by atoms with Crippen molar-refractivity contribution >= 4 is 22.8 Å². The quantitative estimate of drug-likeness (QED) is 0.272. The highest BCUT2D eigenvalue weighted by molar-refractivity contribution is 5.91. The molecule has 0 radical (unpaired) electrons. The van der Waals surface area contributed by atoms with Crippen molar-refractivity contribution in [2.45, 2.75) is 26.8 Å². The number of nitrogens with zero attached hydrogens (tertiary/aromatic N) is 2. The molecular weight excluding hydrogens is 392 g/mol. The number of para-hydroxylation sites is 2. The lowest BCUT2D eigenvalue weighted by Gasteiger charge is -2.22. The summed E-state index contributed by atoms with van der Waals surface area (Å²) in [6.45, 7) is 5.79. The van der Waals surface area contributed by atoms with Crippen molar-refractivity contribution in [2.24, 2.45) is 5.10 Å². The van der Waals surface area contributed by atoms with E-state index in [1.165, 1.54) is 17.7 Å². The summed E-state index contributed by atoms with van der Waals surface area (Å²) < 4.78 is 5.48. The molecule has 160 valence electrons. The van der Waals surface area contributed by atoms with E-state index in [4.69, 9.17) is 4.74 Å². The number of ether oxygens (including phenoxy) is 1. The minimum atomic E-state index is -0.407. The van der Waals surface area contributed by atoms with Crippen molar-refractivity contribution in [3.05, 3.63) is 93.5 Å². The largest absolute Gasteiger partial charge is 0.495 e. The molecule has 7 heteroatoms. The van der Waals surface area contributed by atoms with Crippen LogP contribution in [0.5, 0.6) is 5.75 Å². The molecule has 0 saturated heterocycles. The Labute approximate surface area is 181 Å². The second kappa shape index (κ2) is 9.75. The van der Waals surface area contributed by atoms with E-state index in [0.29, 0.717) is 5.69 Å². The summed E-state index contributed by atoms with van der Waals surface area (Å²) in [5, 5.41) is 19.1. The van der Waals surface area contributed by atoms with Gasteiger partial charge in [-0.25, -0.2) is 0 Å². The molecular formula is C24H26N4O3. The van der Waals surface area contributed by atoms with E-state index in [0.717, 1.165) is 28.3 Å². The van der Waals surface area contributed by atoms with Crippen molar-refractivity contribution in [1.82, 2.24) is 0 Å². The van der Waals surface area contributed by atoms with Gasteiger partial charge < -0.3 is 10.1 Å². The van der Waals surface area contributed by atoms with Crippen LogP contribution in [0.2, 0.25) is 0 Å². The molecule has 1 unspecified atom stereocenters. The molecule has 1 atom stereocenters. The molecule has 0 aromatic heterocycles. The molecule has 0 saturated carbocycles. The smallest absolute Gasteiger partial charge is 0.269 e. The van der Waals surface area contributed by atoms with Gasteiger partial charge in [0.05, 0.1) is 35.2 Å². The molecule has 3 aromatic carbocycles. The highest BCUT2D eigenvalue weighted by atomic mass is 16.6. The van der Waals surface area contributed by atoms with Crippen LogP contribution in [0.1, 0.15) is 29.7 Å². The van der Waals surface area contributed by atoms with E-state index in [1.807, 2.05) is 45.0 Å². The fourth-order valence-corrected chi connectivity index (χ4v) is 3.21. The zero-order valence-electron chi connectivity index (χ0n) is 18.0. The normalized spacial score (nSPS) is 12.2. The average Bonchev–Trinajstić information content (AvgIpc) is 2.77. The first-order valence-corrected chi connectivity index (χ1v) is 9.90. The molecule has 0 aliphatic carbocycles. The Hall–Kier alpha value is -3.87. The summed E-state index contributed by atoms with van der Waals surface area (Å²) in [4.78, 5) is 10.6. The Balaban J connectivity index is 1.91. The highest BCUT2D eigenvalue weighted by Crippen LogP contribution is 2.29. The van der Waals surface area contributed by atoms with E-state index < -0.39 is 4.92 Å². The maximum absolute atomic E-state index is 11.0. The molecule has 0 spiro atoms. The van der Waals surface area contributed by atoms with Crippen LogP contribution in [0, 0.1) is 24.0 Å². The summed E-state index contributed by atoms with van der Waals surface area (Å²) in [6, 6.07) is 20.4. The molecule has 7 nitrogen and oxygen atoms in total. The lowest BCUT2D eigenvalue weighted by atomic mass is 10.0. The molecule has 0 fully saturated rings. The molecule has 0 amide bonds. The molecule has 3 rings (SSSR count). The van der Waals surface area contributed by atoms with Gasteiger partial charge in [0.15, 0.2) is 0 Å². The fourth-order valence-electron chi connectivity index (χ4n) is 3.21. The number of hydrogen-bond donors (Lipinski definition) is 2. The van der Waals surface area contributed by atoms with Crippen LogP contribution in [-0.2, 0) is 0 Å². The van der Waals surface area contributed by atoms with Gasteiger partial charge in [-0.2, -0.15) is 5.10 Å². The van der Waals surface area contributed by atoms with Gasteiger partial charge in [0.1, 0.15) is 5.75 Å². The number of nitro benzene ring substituents is 1. The summed E-state index contributed by atoms with van der Waals surface area (Å²) in [6.07, 6.45) is 0. The average molecular weight is 418 g/mol. The Morgan fingerprint density at radius 2 is 1.74 bits per heavy atom. The lowest BCUT2D eigenvalue weighted by Crippen LogP contribution is -2.20. The number of rotatable bonds is 8. The predicted octanol–water partition coefficient (Wildman–Crippen LogP) is 5.86. The third-order valence-electron chi connectivity index (χ3n) is 5.01. The zero-order valence-corrected chi connectivity index (χ0v) is 18.0. The van der Waals surface area contributed by atoms with E-state index in [2.05, 4.69) is 40.1 Å². The molecule has 0 aliphatic heterocycles. The van der Waals surface area contributed by atoms with Crippen molar-refractivity contribution in [3.63, 3.8) is 0 Å². The number of hydrazone groups is 1. The minimum absolute atomic E-state index is 0.0547. The van der Waals surface area contributed by atoms with E-state index >= 15 is 0 Å². The van der Waals surface area contributed by atoms with Gasteiger partial charge >= 0.3 is 0 Å². The maximum atomic E-state index is 11.0. The van der Waals surface area contributed by atoms with Crippen LogP contribution >= 0.6 is 0 Å². The fraction of sp³-hybridized carbons (Fsp3) is 0.208. The summed E-state index contributed by atoms with van der Waals surface area (Å²) in [5.74, 6) is 0.742. The second-order valence-electron chi connectivity index (χ2n) is 7.31. The van der Waals surface area contributed by atoms with Gasteiger partial charge in [0, 0.05) is 12.1 Å². The van der Waals surface area contributed by atoms with Crippen LogP contribution in [0.4, 0.5) is 17.1 Å². The van der Waals surface area contributed by atoms with Gasteiger partial charge in [-0.05, 0) is 50.1 Å². The lowest BCUT2D eigenvalue weighted by molar-refractivity contribution is -0.384. The van der Waals surface area contributed by atoms with E-state index in [-0.39, 0.29) is 11.7 Å². The number of aryl methyl sites for hydroxylation is 2. The molecule has 0 heterocycles. The second-order valence-corrected chi connectivity index (χ2v) is 7.31. The van der Waals surface area contributed by atoms with Gasteiger partial charge in [-0.3, -0.25) is 15.5 Å². The van der Waals surface area contributed by atoms with E-state index in [1.54, 1.807) is 13.2 Å². The summed E-state index contributed by atoms with van der Waals surface area (Å²) in [7, 11) is 1.64. The van der Waals surface area contributed by atoms with Gasteiger partial charge in [0.25, 0.3) is 5.69 Å². The monoisotopic (exact) mass is 418 g/mol. The topological polar surface area (TPSA) is 88.8 Å².